The molecule has 3 N–H and O–H groups in total. The molecule has 0 aromatic carbocycles. The highest BCUT2D eigenvalue weighted by Gasteiger charge is 2.25. The Morgan fingerprint density at radius 2 is 2.31 bits per heavy atom. The Bertz CT molecular complexity index is 576. The van der Waals surface area contributed by atoms with Gasteiger partial charge in [-0.05, 0) is 12.1 Å². The van der Waals surface area contributed by atoms with Crippen LogP contribution in [0.4, 0.5) is 5.69 Å². The van der Waals surface area contributed by atoms with E-state index in [0.717, 1.165) is 5.69 Å². The number of carboxylic acid groups (broad SMARTS) is 1. The monoisotopic (exact) mass is 216 g/mol. The average molecular weight is 216 g/mol. The molecule has 0 amide bonds. The second kappa shape index (κ2) is 3.06. The summed E-state index contributed by atoms with van der Waals surface area (Å²) in [6.07, 6.45) is 1.66. The molecule has 80 valence electrons. The van der Waals surface area contributed by atoms with Crippen LogP contribution in [0.3, 0.4) is 0 Å². The van der Waals surface area contributed by atoms with Crippen molar-refractivity contribution in [1.29, 1.82) is 0 Å². The molecule has 1 aliphatic rings. The van der Waals surface area contributed by atoms with Gasteiger partial charge in [0, 0.05) is 18.3 Å². The molecule has 0 bridgehead atoms. The van der Waals surface area contributed by atoms with Gasteiger partial charge >= 0.3 is 5.97 Å². The van der Waals surface area contributed by atoms with Gasteiger partial charge in [0.1, 0.15) is 17.1 Å². The fourth-order valence-electron chi connectivity index (χ4n) is 1.83. The largest absolute Gasteiger partial charge is 0.477 e. The Balaban J connectivity index is 2.23. The fraction of sp³-hybridized carbons (Fsp3) is 0.100. The van der Waals surface area contributed by atoms with E-state index >= 15 is 0 Å². The molecule has 0 spiro atoms. The van der Waals surface area contributed by atoms with Gasteiger partial charge in [0.2, 0.25) is 0 Å². The van der Waals surface area contributed by atoms with Crippen LogP contribution < -0.4 is 5.32 Å². The molecule has 0 saturated carbocycles. The third kappa shape index (κ3) is 1.10. The summed E-state index contributed by atoms with van der Waals surface area (Å²) in [6, 6.07) is 3.71. The second-order valence-corrected chi connectivity index (χ2v) is 3.48. The molecule has 6 heteroatoms. The van der Waals surface area contributed by atoms with Gasteiger partial charge < -0.3 is 10.4 Å². The molecule has 16 heavy (non-hydrogen) atoms. The fourth-order valence-corrected chi connectivity index (χ4v) is 1.83. The van der Waals surface area contributed by atoms with Crippen LogP contribution in [0.1, 0.15) is 16.1 Å². The number of carbonyl (C=O) groups is 1. The topological polar surface area (TPSA) is 90.9 Å². The SMILES string of the molecule is O=C(O)c1[nH]nc2c1CNc1cccnc1-2. The maximum atomic E-state index is 10.9. The van der Waals surface area contributed by atoms with Crippen molar-refractivity contribution in [3.05, 3.63) is 29.6 Å². The summed E-state index contributed by atoms with van der Waals surface area (Å²) in [4.78, 5) is 15.1. The van der Waals surface area contributed by atoms with Crippen LogP contribution in [0.25, 0.3) is 11.4 Å². The van der Waals surface area contributed by atoms with Crippen LogP contribution in [0.2, 0.25) is 0 Å². The van der Waals surface area contributed by atoms with Gasteiger partial charge in [-0.1, -0.05) is 0 Å². The van der Waals surface area contributed by atoms with Crippen LogP contribution in [0.15, 0.2) is 18.3 Å². The number of aromatic amines is 1. The smallest absolute Gasteiger partial charge is 0.354 e. The second-order valence-electron chi connectivity index (χ2n) is 3.48. The molecule has 1 aliphatic heterocycles. The lowest BCUT2D eigenvalue weighted by Gasteiger charge is -2.16. The predicted octanol–water partition coefficient (Wildman–Crippen LogP) is 1.10. The summed E-state index contributed by atoms with van der Waals surface area (Å²) < 4.78 is 0. The molecular formula is C10H8N4O2. The normalized spacial score (nSPS) is 12.5. The lowest BCUT2D eigenvalue weighted by Crippen LogP contribution is -2.11. The van der Waals surface area contributed by atoms with Crippen LogP contribution >= 0.6 is 0 Å². The van der Waals surface area contributed by atoms with Gasteiger partial charge in [0.15, 0.2) is 0 Å². The first-order valence-electron chi connectivity index (χ1n) is 4.77. The first-order valence-corrected chi connectivity index (χ1v) is 4.77. The van der Waals surface area contributed by atoms with Crippen molar-refractivity contribution in [1.82, 2.24) is 15.2 Å². The molecule has 0 fully saturated rings. The summed E-state index contributed by atoms with van der Waals surface area (Å²) in [5.41, 5.74) is 2.95. The average Bonchev–Trinajstić information content (AvgIpc) is 2.73. The first kappa shape index (κ1) is 8.90. The number of aromatic carboxylic acids is 1. The molecule has 3 rings (SSSR count). The molecule has 0 unspecified atom stereocenters. The van der Waals surface area contributed by atoms with Gasteiger partial charge in [-0.15, -0.1) is 0 Å². The highest BCUT2D eigenvalue weighted by molar-refractivity contribution is 5.91. The lowest BCUT2D eigenvalue weighted by atomic mass is 10.0. The zero-order valence-corrected chi connectivity index (χ0v) is 8.19. The Morgan fingerprint density at radius 1 is 1.44 bits per heavy atom. The van der Waals surface area contributed by atoms with Crippen molar-refractivity contribution < 1.29 is 9.90 Å². The third-order valence-corrected chi connectivity index (χ3v) is 2.57. The first-order chi connectivity index (χ1) is 7.77. The van der Waals surface area contributed by atoms with Gasteiger partial charge in [0.25, 0.3) is 0 Å². The van der Waals surface area contributed by atoms with Gasteiger partial charge in [-0.25, -0.2) is 4.79 Å². The Labute approximate surface area is 90.3 Å². The van der Waals surface area contributed by atoms with E-state index in [0.29, 0.717) is 23.5 Å². The molecule has 6 nitrogen and oxygen atoms in total. The minimum atomic E-state index is -1.00. The molecule has 0 saturated heterocycles. The van der Waals surface area contributed by atoms with Crippen molar-refractivity contribution in [3.8, 4) is 11.4 Å². The van der Waals surface area contributed by atoms with E-state index in [-0.39, 0.29) is 5.69 Å². The van der Waals surface area contributed by atoms with Crippen LogP contribution in [-0.4, -0.2) is 26.3 Å². The number of nitrogens with zero attached hydrogens (tertiary/aromatic N) is 2. The number of pyridine rings is 1. The number of hydrogen-bond acceptors (Lipinski definition) is 4. The van der Waals surface area contributed by atoms with E-state index in [1.54, 1.807) is 6.20 Å². The highest BCUT2D eigenvalue weighted by atomic mass is 16.4. The molecule has 0 atom stereocenters. The number of carboxylic acids is 1. The number of anilines is 1. The van der Waals surface area contributed by atoms with Crippen molar-refractivity contribution in [2.24, 2.45) is 0 Å². The minimum Gasteiger partial charge on any atom is -0.477 e. The summed E-state index contributed by atoms with van der Waals surface area (Å²) in [7, 11) is 0. The van der Waals surface area contributed by atoms with E-state index in [2.05, 4.69) is 20.5 Å². The lowest BCUT2D eigenvalue weighted by molar-refractivity contribution is 0.0689. The Hall–Kier alpha value is -2.37. The summed E-state index contributed by atoms with van der Waals surface area (Å²) >= 11 is 0. The number of hydrogen-bond donors (Lipinski definition) is 3. The minimum absolute atomic E-state index is 0.124. The van der Waals surface area contributed by atoms with E-state index < -0.39 is 5.97 Å². The number of H-pyrrole nitrogens is 1. The van der Waals surface area contributed by atoms with Crippen molar-refractivity contribution in [3.63, 3.8) is 0 Å². The number of fused-ring (bicyclic) bond motifs is 3. The van der Waals surface area contributed by atoms with E-state index in [1.165, 1.54) is 0 Å². The molecule has 2 aromatic heterocycles. The zero-order chi connectivity index (χ0) is 11.1. The van der Waals surface area contributed by atoms with Gasteiger partial charge in [-0.3, -0.25) is 10.1 Å². The van der Waals surface area contributed by atoms with Crippen molar-refractivity contribution >= 4 is 11.7 Å². The summed E-state index contributed by atoms with van der Waals surface area (Å²) in [6.45, 7) is 0.451. The maximum Gasteiger partial charge on any atom is 0.354 e. The van der Waals surface area contributed by atoms with Gasteiger partial charge in [0.05, 0.1) is 5.69 Å². The summed E-state index contributed by atoms with van der Waals surface area (Å²) in [5.74, 6) is -1.00. The standard InChI is InChI=1S/C10H8N4O2/c15-10(16)8-5-4-12-6-2-1-3-11-9(6)7(5)13-14-8/h1-3,12H,4H2,(H,13,14)(H,15,16). The maximum absolute atomic E-state index is 10.9. The van der Waals surface area contributed by atoms with Crippen LogP contribution in [0, 0.1) is 0 Å². The quantitative estimate of drug-likeness (QED) is 0.663. The van der Waals surface area contributed by atoms with E-state index in [9.17, 15) is 4.79 Å². The van der Waals surface area contributed by atoms with Crippen molar-refractivity contribution in [2.45, 2.75) is 6.54 Å². The third-order valence-electron chi connectivity index (χ3n) is 2.57. The zero-order valence-electron chi connectivity index (χ0n) is 8.19. The molecule has 2 aromatic rings. The highest BCUT2D eigenvalue weighted by Crippen LogP contribution is 2.33. The van der Waals surface area contributed by atoms with E-state index in [4.69, 9.17) is 5.11 Å². The van der Waals surface area contributed by atoms with Crippen molar-refractivity contribution in [2.75, 3.05) is 5.32 Å². The summed E-state index contributed by atoms with van der Waals surface area (Å²) in [5, 5.41) is 18.6. The van der Waals surface area contributed by atoms with Crippen LogP contribution in [0.5, 0.6) is 0 Å². The molecule has 0 aliphatic carbocycles. The van der Waals surface area contributed by atoms with E-state index in [1.807, 2.05) is 12.1 Å². The molecule has 3 heterocycles. The predicted molar refractivity (Wildman–Crippen MR) is 56.1 cm³/mol. The molecular weight excluding hydrogens is 208 g/mol. The van der Waals surface area contributed by atoms with Gasteiger partial charge in [-0.2, -0.15) is 5.10 Å². The number of nitrogens with one attached hydrogen (secondary N) is 2. The number of aromatic nitrogens is 3. The molecule has 0 radical (unpaired) electrons. The number of rotatable bonds is 1. The Kier molecular flexibility index (Phi) is 1.70. The van der Waals surface area contributed by atoms with Crippen LogP contribution in [-0.2, 0) is 6.54 Å². The Morgan fingerprint density at radius 3 is 3.12 bits per heavy atom.